The minimum atomic E-state index is -0.622. The average Bonchev–Trinajstić information content (AvgIpc) is 2.56. The van der Waals surface area contributed by atoms with Gasteiger partial charge in [0, 0.05) is 0 Å². The van der Waals surface area contributed by atoms with Crippen LogP contribution >= 0.6 is 0 Å². The van der Waals surface area contributed by atoms with Crippen LogP contribution in [0.25, 0.3) is 0 Å². The number of hydrogen-bond acceptors (Lipinski definition) is 5. The Labute approximate surface area is 133 Å². The van der Waals surface area contributed by atoms with Gasteiger partial charge in [-0.1, -0.05) is 0 Å². The van der Waals surface area contributed by atoms with Crippen molar-refractivity contribution in [1.29, 1.82) is 0 Å². The molecule has 0 bridgehead atoms. The van der Waals surface area contributed by atoms with E-state index in [4.69, 9.17) is 4.74 Å². The maximum atomic E-state index is 11.8. The highest BCUT2D eigenvalue weighted by Crippen LogP contribution is 2.11. The van der Waals surface area contributed by atoms with Gasteiger partial charge in [-0.15, -0.1) is 0 Å². The highest BCUT2D eigenvalue weighted by molar-refractivity contribution is 5.99. The summed E-state index contributed by atoms with van der Waals surface area (Å²) in [5.74, 6) is 0.736. The van der Waals surface area contributed by atoms with Gasteiger partial charge in [-0.2, -0.15) is 10.2 Å². The lowest BCUT2D eigenvalue weighted by molar-refractivity contribution is 0.173. The van der Waals surface area contributed by atoms with Crippen molar-refractivity contribution in [3.8, 4) is 5.75 Å². The third kappa shape index (κ3) is 4.43. The van der Waals surface area contributed by atoms with E-state index in [0.29, 0.717) is 11.4 Å². The Morgan fingerprint density at radius 2 is 2.09 bits per heavy atom. The first-order valence-corrected chi connectivity index (χ1v) is 6.85. The summed E-state index contributed by atoms with van der Waals surface area (Å²) in [4.78, 5) is 23.3. The maximum Gasteiger partial charge on any atom is 0.356 e. The van der Waals surface area contributed by atoms with Crippen molar-refractivity contribution in [3.05, 3.63) is 29.8 Å². The van der Waals surface area contributed by atoms with Crippen molar-refractivity contribution in [2.24, 2.45) is 10.2 Å². The summed E-state index contributed by atoms with van der Waals surface area (Å²) in [5.41, 5.74) is 9.12. The molecule has 4 amide bonds. The standard InChI is InChI=1S/C14H18N6O3/c1-9-8-20(14(22)18-15-9)19-13(21)17-16-10(2)11-4-6-12(23-3)7-5-11/h4-7H,8H2,1-3H3,(H,18,22)(H2,17,19,21)/b16-10+. The monoisotopic (exact) mass is 318 g/mol. The van der Waals surface area contributed by atoms with Crippen molar-refractivity contribution in [1.82, 2.24) is 21.3 Å². The number of nitrogens with zero attached hydrogens (tertiary/aromatic N) is 3. The fourth-order valence-electron chi connectivity index (χ4n) is 1.81. The topological polar surface area (TPSA) is 107 Å². The molecule has 1 aromatic rings. The molecule has 1 aromatic carbocycles. The Kier molecular flexibility index (Phi) is 5.13. The van der Waals surface area contributed by atoms with Crippen molar-refractivity contribution >= 4 is 23.5 Å². The van der Waals surface area contributed by atoms with Crippen molar-refractivity contribution in [3.63, 3.8) is 0 Å². The average molecular weight is 318 g/mol. The summed E-state index contributed by atoms with van der Waals surface area (Å²) in [5, 5.41) is 8.85. The van der Waals surface area contributed by atoms with Gasteiger partial charge in [-0.05, 0) is 43.7 Å². The predicted molar refractivity (Wildman–Crippen MR) is 85.2 cm³/mol. The second-order valence-electron chi connectivity index (χ2n) is 4.83. The maximum absolute atomic E-state index is 11.8. The van der Waals surface area contributed by atoms with Crippen LogP contribution in [-0.4, -0.2) is 42.1 Å². The van der Waals surface area contributed by atoms with Crippen LogP contribution in [0.4, 0.5) is 9.59 Å². The molecule has 0 saturated carbocycles. The first kappa shape index (κ1) is 16.3. The van der Waals surface area contributed by atoms with E-state index in [0.717, 1.165) is 16.3 Å². The third-order valence-electron chi connectivity index (χ3n) is 3.04. The Bertz CT molecular complexity index is 653. The Hall–Kier alpha value is -3.10. The van der Waals surface area contributed by atoms with Gasteiger partial charge in [0.1, 0.15) is 5.75 Å². The van der Waals surface area contributed by atoms with Crippen molar-refractivity contribution in [2.75, 3.05) is 13.7 Å². The summed E-state index contributed by atoms with van der Waals surface area (Å²) < 4.78 is 5.08. The summed E-state index contributed by atoms with van der Waals surface area (Å²) in [6.45, 7) is 3.70. The van der Waals surface area contributed by atoms with E-state index in [-0.39, 0.29) is 6.54 Å². The molecule has 2 rings (SSSR count). The van der Waals surface area contributed by atoms with E-state index in [1.165, 1.54) is 0 Å². The van der Waals surface area contributed by atoms with E-state index < -0.39 is 12.1 Å². The van der Waals surface area contributed by atoms with Gasteiger partial charge in [0.05, 0.1) is 25.1 Å². The number of ether oxygens (including phenoxy) is 1. The number of hydrazone groups is 2. The molecule has 9 nitrogen and oxygen atoms in total. The molecule has 1 heterocycles. The van der Waals surface area contributed by atoms with E-state index >= 15 is 0 Å². The van der Waals surface area contributed by atoms with Crippen LogP contribution in [0.1, 0.15) is 19.4 Å². The lowest BCUT2D eigenvalue weighted by Gasteiger charge is -2.25. The second-order valence-corrected chi connectivity index (χ2v) is 4.83. The number of carbonyl (C=O) groups is 2. The number of hydrogen-bond donors (Lipinski definition) is 3. The van der Waals surface area contributed by atoms with Crippen molar-refractivity contribution in [2.45, 2.75) is 13.8 Å². The Morgan fingerprint density at radius 3 is 2.74 bits per heavy atom. The molecular formula is C14H18N6O3. The molecule has 0 fully saturated rings. The molecule has 0 spiro atoms. The molecule has 0 radical (unpaired) electrons. The molecule has 0 aromatic heterocycles. The lowest BCUT2D eigenvalue weighted by Crippen LogP contribution is -2.56. The molecule has 0 aliphatic carbocycles. The highest BCUT2D eigenvalue weighted by atomic mass is 16.5. The van der Waals surface area contributed by atoms with Gasteiger partial charge in [0.15, 0.2) is 0 Å². The van der Waals surface area contributed by atoms with Gasteiger partial charge in [0.25, 0.3) is 0 Å². The van der Waals surface area contributed by atoms with Crippen LogP contribution in [0.15, 0.2) is 34.5 Å². The van der Waals surface area contributed by atoms with Crippen molar-refractivity contribution < 1.29 is 14.3 Å². The van der Waals surface area contributed by atoms with E-state index in [1.54, 1.807) is 33.1 Å². The number of hydrazine groups is 1. The lowest BCUT2D eigenvalue weighted by atomic mass is 10.1. The smallest absolute Gasteiger partial charge is 0.356 e. The Morgan fingerprint density at radius 1 is 1.39 bits per heavy atom. The van der Waals surface area contributed by atoms with Crippen LogP contribution < -0.4 is 21.0 Å². The van der Waals surface area contributed by atoms with Gasteiger partial charge in [-0.3, -0.25) is 0 Å². The third-order valence-corrected chi connectivity index (χ3v) is 3.04. The molecule has 9 heteroatoms. The molecular weight excluding hydrogens is 300 g/mol. The fraction of sp³-hybridized carbons (Fsp3) is 0.286. The first-order chi connectivity index (χ1) is 11.0. The normalized spacial score (nSPS) is 14.7. The zero-order chi connectivity index (χ0) is 16.8. The molecule has 0 unspecified atom stereocenters. The molecule has 0 saturated heterocycles. The van der Waals surface area contributed by atoms with Crippen LogP contribution in [-0.2, 0) is 0 Å². The van der Waals surface area contributed by atoms with Gasteiger partial charge in [0.2, 0.25) is 0 Å². The van der Waals surface area contributed by atoms with E-state index in [9.17, 15) is 9.59 Å². The summed E-state index contributed by atoms with van der Waals surface area (Å²) in [6.07, 6.45) is 0. The zero-order valence-electron chi connectivity index (χ0n) is 13.1. The zero-order valence-corrected chi connectivity index (χ0v) is 13.1. The molecule has 1 aliphatic heterocycles. The number of amides is 4. The Balaban J connectivity index is 1.91. The molecule has 3 N–H and O–H groups in total. The quantitative estimate of drug-likeness (QED) is 0.570. The van der Waals surface area contributed by atoms with Crippen LogP contribution in [0.5, 0.6) is 5.75 Å². The number of nitrogens with one attached hydrogen (secondary N) is 3. The van der Waals surface area contributed by atoms with Crippen LogP contribution in [0.3, 0.4) is 0 Å². The number of methoxy groups -OCH3 is 1. The molecule has 122 valence electrons. The van der Waals surface area contributed by atoms with Crippen LogP contribution in [0, 0.1) is 0 Å². The molecule has 23 heavy (non-hydrogen) atoms. The van der Waals surface area contributed by atoms with Crippen LogP contribution in [0.2, 0.25) is 0 Å². The number of urea groups is 2. The van der Waals surface area contributed by atoms with Gasteiger partial charge in [-0.25, -0.2) is 30.9 Å². The summed E-state index contributed by atoms with van der Waals surface area (Å²) in [6, 6.07) is 6.12. The fourth-order valence-corrected chi connectivity index (χ4v) is 1.81. The van der Waals surface area contributed by atoms with Gasteiger partial charge >= 0.3 is 12.1 Å². The number of rotatable bonds is 4. The number of benzene rings is 1. The summed E-state index contributed by atoms with van der Waals surface area (Å²) >= 11 is 0. The molecule has 0 atom stereocenters. The minimum Gasteiger partial charge on any atom is -0.497 e. The SMILES string of the molecule is COc1ccc(/C(C)=N/NC(=O)NN2CC(C)=NNC2=O)cc1. The van der Waals surface area contributed by atoms with Gasteiger partial charge < -0.3 is 4.74 Å². The predicted octanol–water partition coefficient (Wildman–Crippen LogP) is 1.03. The second kappa shape index (κ2) is 7.25. The summed E-state index contributed by atoms with van der Waals surface area (Å²) in [7, 11) is 1.59. The minimum absolute atomic E-state index is 0.209. The first-order valence-electron chi connectivity index (χ1n) is 6.85. The number of carbonyl (C=O) groups excluding carboxylic acids is 2. The highest BCUT2D eigenvalue weighted by Gasteiger charge is 2.20. The van der Waals surface area contributed by atoms with E-state index in [1.807, 2.05) is 12.1 Å². The largest absolute Gasteiger partial charge is 0.497 e. The molecule has 1 aliphatic rings. The van der Waals surface area contributed by atoms with E-state index in [2.05, 4.69) is 26.5 Å².